The Morgan fingerprint density at radius 2 is 2.41 bits per heavy atom. The van der Waals surface area contributed by atoms with Crippen LogP contribution in [0.3, 0.4) is 0 Å². The van der Waals surface area contributed by atoms with Gasteiger partial charge in [0.2, 0.25) is 0 Å². The van der Waals surface area contributed by atoms with E-state index in [0.29, 0.717) is 11.5 Å². The molecule has 22 heavy (non-hydrogen) atoms. The van der Waals surface area contributed by atoms with Gasteiger partial charge in [-0.15, -0.1) is 0 Å². The molecule has 0 aliphatic carbocycles. The maximum atomic E-state index is 12.0. The van der Waals surface area contributed by atoms with E-state index in [1.807, 2.05) is 19.2 Å². The number of nitrogens with zero attached hydrogens (tertiary/aromatic N) is 3. The highest BCUT2D eigenvalue weighted by Crippen LogP contribution is 2.15. The average molecular weight is 301 g/mol. The molecule has 2 N–H and O–H groups in total. The van der Waals surface area contributed by atoms with Crippen molar-refractivity contribution in [2.75, 3.05) is 11.9 Å². The van der Waals surface area contributed by atoms with E-state index < -0.39 is 0 Å². The first-order chi connectivity index (χ1) is 10.7. The van der Waals surface area contributed by atoms with Crippen molar-refractivity contribution in [2.45, 2.75) is 31.9 Å². The lowest BCUT2D eigenvalue weighted by atomic mass is 10.1. The van der Waals surface area contributed by atoms with Gasteiger partial charge in [-0.1, -0.05) is 0 Å². The number of anilines is 1. The minimum absolute atomic E-state index is 0.0150. The fourth-order valence-corrected chi connectivity index (χ4v) is 2.46. The van der Waals surface area contributed by atoms with E-state index in [1.54, 1.807) is 29.2 Å². The SMILES string of the molecule is C[C@@H](NC(=O)Nc1ccc(-n2cccn2)nc1)[C@H]1CCCO1. The third kappa shape index (κ3) is 3.43. The van der Waals surface area contributed by atoms with Crippen molar-refractivity contribution in [3.63, 3.8) is 0 Å². The Balaban J connectivity index is 1.55. The van der Waals surface area contributed by atoms with Crippen LogP contribution in [0.4, 0.5) is 10.5 Å². The van der Waals surface area contributed by atoms with Gasteiger partial charge in [-0.25, -0.2) is 14.5 Å². The number of hydrogen-bond donors (Lipinski definition) is 2. The summed E-state index contributed by atoms with van der Waals surface area (Å²) in [7, 11) is 0. The molecule has 7 heteroatoms. The minimum Gasteiger partial charge on any atom is -0.376 e. The average Bonchev–Trinajstić information content (AvgIpc) is 3.21. The predicted octanol–water partition coefficient (Wildman–Crippen LogP) is 1.96. The number of amides is 2. The third-order valence-electron chi connectivity index (χ3n) is 3.63. The zero-order valence-electron chi connectivity index (χ0n) is 12.4. The van der Waals surface area contributed by atoms with Crippen LogP contribution in [0.25, 0.3) is 5.82 Å². The molecule has 1 saturated heterocycles. The zero-order valence-corrected chi connectivity index (χ0v) is 12.4. The summed E-state index contributed by atoms with van der Waals surface area (Å²) in [6.45, 7) is 2.73. The number of carbonyl (C=O) groups is 1. The van der Waals surface area contributed by atoms with Crippen LogP contribution in [-0.2, 0) is 4.74 Å². The highest BCUT2D eigenvalue weighted by Gasteiger charge is 2.23. The summed E-state index contributed by atoms with van der Waals surface area (Å²) in [6.07, 6.45) is 7.25. The van der Waals surface area contributed by atoms with Gasteiger partial charge >= 0.3 is 6.03 Å². The molecule has 0 aromatic carbocycles. The highest BCUT2D eigenvalue weighted by atomic mass is 16.5. The third-order valence-corrected chi connectivity index (χ3v) is 3.63. The Morgan fingerprint density at radius 3 is 3.05 bits per heavy atom. The Kier molecular flexibility index (Phi) is 4.34. The van der Waals surface area contributed by atoms with Crippen LogP contribution in [0.5, 0.6) is 0 Å². The summed E-state index contributed by atoms with van der Waals surface area (Å²) in [5.41, 5.74) is 0.632. The molecule has 0 radical (unpaired) electrons. The molecule has 0 unspecified atom stereocenters. The van der Waals surface area contributed by atoms with Crippen LogP contribution < -0.4 is 10.6 Å². The molecule has 3 rings (SSSR count). The Hall–Kier alpha value is -2.41. The first kappa shape index (κ1) is 14.5. The first-order valence-corrected chi connectivity index (χ1v) is 7.37. The maximum Gasteiger partial charge on any atom is 0.319 e. The largest absolute Gasteiger partial charge is 0.376 e. The fourth-order valence-electron chi connectivity index (χ4n) is 2.46. The molecule has 0 bridgehead atoms. The molecule has 116 valence electrons. The van der Waals surface area contributed by atoms with Crippen molar-refractivity contribution in [1.82, 2.24) is 20.1 Å². The lowest BCUT2D eigenvalue weighted by Gasteiger charge is -2.20. The smallest absolute Gasteiger partial charge is 0.319 e. The van der Waals surface area contributed by atoms with Crippen molar-refractivity contribution >= 4 is 11.7 Å². The normalized spacial score (nSPS) is 18.9. The van der Waals surface area contributed by atoms with Gasteiger partial charge in [-0.3, -0.25) is 0 Å². The number of pyridine rings is 1. The van der Waals surface area contributed by atoms with E-state index in [2.05, 4.69) is 20.7 Å². The van der Waals surface area contributed by atoms with Crippen molar-refractivity contribution in [3.05, 3.63) is 36.8 Å². The number of ether oxygens (including phenoxy) is 1. The number of aromatic nitrogens is 3. The fraction of sp³-hybridized carbons (Fsp3) is 0.400. The van der Waals surface area contributed by atoms with E-state index >= 15 is 0 Å². The molecule has 7 nitrogen and oxygen atoms in total. The second kappa shape index (κ2) is 6.57. The summed E-state index contributed by atoms with van der Waals surface area (Å²) >= 11 is 0. The zero-order chi connectivity index (χ0) is 15.4. The molecule has 2 atom stereocenters. The molecular weight excluding hydrogens is 282 g/mol. The molecule has 0 spiro atoms. The topological polar surface area (TPSA) is 81.1 Å². The van der Waals surface area contributed by atoms with Gasteiger partial charge in [0.25, 0.3) is 0 Å². The van der Waals surface area contributed by atoms with Gasteiger partial charge in [0.05, 0.1) is 24.0 Å². The molecular formula is C15H19N5O2. The second-order valence-electron chi connectivity index (χ2n) is 5.29. The van der Waals surface area contributed by atoms with E-state index in [-0.39, 0.29) is 18.2 Å². The maximum absolute atomic E-state index is 12.0. The van der Waals surface area contributed by atoms with Crippen LogP contribution in [0.1, 0.15) is 19.8 Å². The molecule has 2 amide bonds. The molecule has 2 aromatic heterocycles. The van der Waals surface area contributed by atoms with Crippen LogP contribution in [0.2, 0.25) is 0 Å². The molecule has 0 saturated carbocycles. The number of carbonyl (C=O) groups excluding carboxylic acids is 1. The lowest BCUT2D eigenvalue weighted by Crippen LogP contribution is -2.43. The Morgan fingerprint density at radius 1 is 1.50 bits per heavy atom. The second-order valence-corrected chi connectivity index (χ2v) is 5.29. The highest BCUT2D eigenvalue weighted by molar-refractivity contribution is 5.89. The van der Waals surface area contributed by atoms with Gasteiger partial charge in [0.15, 0.2) is 5.82 Å². The van der Waals surface area contributed by atoms with Gasteiger partial charge in [-0.2, -0.15) is 5.10 Å². The molecule has 1 aliphatic heterocycles. The van der Waals surface area contributed by atoms with E-state index in [9.17, 15) is 4.79 Å². The number of urea groups is 1. The van der Waals surface area contributed by atoms with Crippen molar-refractivity contribution in [1.29, 1.82) is 0 Å². The number of nitrogens with one attached hydrogen (secondary N) is 2. The van der Waals surface area contributed by atoms with E-state index in [0.717, 1.165) is 19.4 Å². The summed E-state index contributed by atoms with van der Waals surface area (Å²) in [6, 6.07) is 5.15. The lowest BCUT2D eigenvalue weighted by molar-refractivity contribution is 0.0868. The van der Waals surface area contributed by atoms with Crippen LogP contribution in [0, 0.1) is 0 Å². The molecule has 1 fully saturated rings. The van der Waals surface area contributed by atoms with E-state index in [4.69, 9.17) is 4.74 Å². The number of hydrogen-bond acceptors (Lipinski definition) is 4. The van der Waals surface area contributed by atoms with Crippen LogP contribution >= 0.6 is 0 Å². The van der Waals surface area contributed by atoms with Gasteiger partial charge in [0.1, 0.15) is 0 Å². The van der Waals surface area contributed by atoms with E-state index in [1.165, 1.54) is 0 Å². The Bertz CT molecular complexity index is 605. The summed E-state index contributed by atoms with van der Waals surface area (Å²) in [4.78, 5) is 16.2. The first-order valence-electron chi connectivity index (χ1n) is 7.37. The molecule has 1 aliphatic rings. The van der Waals surface area contributed by atoms with Gasteiger partial charge in [-0.05, 0) is 38.0 Å². The van der Waals surface area contributed by atoms with Gasteiger partial charge < -0.3 is 15.4 Å². The van der Waals surface area contributed by atoms with Gasteiger partial charge in [0, 0.05) is 19.0 Å². The van der Waals surface area contributed by atoms with Crippen molar-refractivity contribution in [3.8, 4) is 5.82 Å². The molecule has 3 heterocycles. The summed E-state index contributed by atoms with van der Waals surface area (Å²) in [5, 5.41) is 9.76. The minimum atomic E-state index is -0.253. The summed E-state index contributed by atoms with van der Waals surface area (Å²) in [5.74, 6) is 0.698. The van der Waals surface area contributed by atoms with Crippen LogP contribution in [0.15, 0.2) is 36.8 Å². The van der Waals surface area contributed by atoms with Crippen molar-refractivity contribution in [2.24, 2.45) is 0 Å². The predicted molar refractivity (Wildman–Crippen MR) is 81.9 cm³/mol. The Labute approximate surface area is 128 Å². The standard InChI is InChI=1S/C15H19N5O2/c1-11(13-4-2-9-22-13)18-15(21)19-12-5-6-14(16-10-12)20-8-3-7-17-20/h3,5-8,10-11,13H,2,4,9H2,1H3,(H2,18,19,21)/t11-,13-/m1/s1. The molecule has 2 aromatic rings. The van der Waals surface area contributed by atoms with Crippen molar-refractivity contribution < 1.29 is 9.53 Å². The monoisotopic (exact) mass is 301 g/mol. The number of rotatable bonds is 4. The van der Waals surface area contributed by atoms with Crippen LogP contribution in [-0.4, -0.2) is 39.5 Å². The quantitative estimate of drug-likeness (QED) is 0.904. The summed E-state index contributed by atoms with van der Waals surface area (Å²) < 4.78 is 7.21.